The molecule has 0 aromatic heterocycles. The molecule has 0 bridgehead atoms. The summed E-state index contributed by atoms with van der Waals surface area (Å²) in [7, 11) is 0. The third-order valence-corrected chi connectivity index (χ3v) is 3.46. The Labute approximate surface area is 112 Å². The number of hydrogen-bond acceptors (Lipinski definition) is 2. The number of hydrogen-bond donors (Lipinski definition) is 1. The monoisotopic (exact) mass is 267 g/mol. The third-order valence-electron chi connectivity index (χ3n) is 3.21. The van der Waals surface area contributed by atoms with E-state index in [0.29, 0.717) is 18.2 Å². The molecule has 0 radical (unpaired) electrons. The SMILES string of the molecule is O=C(NCCOc1ccc(Cl)cc1)C1CCCC1. The van der Waals surface area contributed by atoms with Crippen molar-refractivity contribution < 1.29 is 9.53 Å². The van der Waals surface area contributed by atoms with Gasteiger partial charge in [-0.05, 0) is 37.1 Å². The minimum Gasteiger partial charge on any atom is -0.492 e. The first-order valence-corrected chi connectivity index (χ1v) is 6.79. The van der Waals surface area contributed by atoms with Gasteiger partial charge in [-0.3, -0.25) is 4.79 Å². The van der Waals surface area contributed by atoms with Gasteiger partial charge in [0.1, 0.15) is 12.4 Å². The lowest BCUT2D eigenvalue weighted by atomic mass is 10.1. The van der Waals surface area contributed by atoms with E-state index in [0.717, 1.165) is 18.6 Å². The molecule has 4 heteroatoms. The molecule has 1 fully saturated rings. The van der Waals surface area contributed by atoms with Crippen LogP contribution in [0.25, 0.3) is 0 Å². The molecule has 98 valence electrons. The Kier molecular flexibility index (Phi) is 4.88. The van der Waals surface area contributed by atoms with Crippen molar-refractivity contribution in [3.05, 3.63) is 29.3 Å². The van der Waals surface area contributed by atoms with Crippen LogP contribution >= 0.6 is 11.6 Å². The van der Waals surface area contributed by atoms with E-state index in [2.05, 4.69) is 5.32 Å². The van der Waals surface area contributed by atoms with Gasteiger partial charge in [-0.2, -0.15) is 0 Å². The van der Waals surface area contributed by atoms with Crippen molar-refractivity contribution in [2.24, 2.45) is 5.92 Å². The van der Waals surface area contributed by atoms with Gasteiger partial charge >= 0.3 is 0 Å². The van der Waals surface area contributed by atoms with Crippen molar-refractivity contribution in [2.45, 2.75) is 25.7 Å². The van der Waals surface area contributed by atoms with Gasteiger partial charge in [-0.1, -0.05) is 24.4 Å². The van der Waals surface area contributed by atoms with Crippen molar-refractivity contribution in [2.75, 3.05) is 13.2 Å². The van der Waals surface area contributed by atoms with Crippen LogP contribution in [-0.2, 0) is 4.79 Å². The van der Waals surface area contributed by atoms with E-state index in [1.165, 1.54) is 12.8 Å². The summed E-state index contributed by atoms with van der Waals surface area (Å²) < 4.78 is 5.50. The second-order valence-corrected chi connectivity index (χ2v) is 5.01. The zero-order valence-corrected chi connectivity index (χ0v) is 11.1. The predicted octanol–water partition coefficient (Wildman–Crippen LogP) is 3.03. The molecule has 3 nitrogen and oxygen atoms in total. The Bertz CT molecular complexity index is 385. The van der Waals surface area contributed by atoms with E-state index >= 15 is 0 Å². The van der Waals surface area contributed by atoms with E-state index in [-0.39, 0.29) is 11.8 Å². The number of nitrogens with one attached hydrogen (secondary N) is 1. The molecule has 1 amide bonds. The minimum absolute atomic E-state index is 0.173. The van der Waals surface area contributed by atoms with Crippen LogP contribution in [-0.4, -0.2) is 19.1 Å². The van der Waals surface area contributed by atoms with Gasteiger partial charge in [0.2, 0.25) is 5.91 Å². The molecular weight excluding hydrogens is 250 g/mol. The number of amides is 1. The fraction of sp³-hybridized carbons (Fsp3) is 0.500. The van der Waals surface area contributed by atoms with Gasteiger partial charge in [0.05, 0.1) is 6.54 Å². The maximum absolute atomic E-state index is 11.7. The van der Waals surface area contributed by atoms with E-state index < -0.39 is 0 Å². The van der Waals surface area contributed by atoms with Crippen molar-refractivity contribution in [3.8, 4) is 5.75 Å². The first kappa shape index (κ1) is 13.2. The van der Waals surface area contributed by atoms with Crippen LogP contribution in [0.1, 0.15) is 25.7 Å². The second-order valence-electron chi connectivity index (χ2n) is 4.57. The van der Waals surface area contributed by atoms with Gasteiger partial charge < -0.3 is 10.1 Å². The number of benzene rings is 1. The lowest BCUT2D eigenvalue weighted by Gasteiger charge is -2.11. The highest BCUT2D eigenvalue weighted by atomic mass is 35.5. The molecule has 1 aromatic carbocycles. The van der Waals surface area contributed by atoms with Crippen LogP contribution in [0.5, 0.6) is 5.75 Å². The number of halogens is 1. The quantitative estimate of drug-likeness (QED) is 0.833. The van der Waals surface area contributed by atoms with Gasteiger partial charge in [0, 0.05) is 10.9 Å². The number of rotatable bonds is 5. The Morgan fingerprint density at radius 2 is 1.94 bits per heavy atom. The predicted molar refractivity (Wildman–Crippen MR) is 71.9 cm³/mol. The molecule has 0 spiro atoms. The van der Waals surface area contributed by atoms with Gasteiger partial charge in [0.25, 0.3) is 0 Å². The summed E-state index contributed by atoms with van der Waals surface area (Å²) in [5.74, 6) is 1.17. The molecule has 1 aliphatic carbocycles. The summed E-state index contributed by atoms with van der Waals surface area (Å²) in [6.45, 7) is 1.04. The second kappa shape index (κ2) is 6.64. The van der Waals surface area contributed by atoms with Crippen LogP contribution in [0.4, 0.5) is 0 Å². The Balaban J connectivity index is 1.63. The lowest BCUT2D eigenvalue weighted by Crippen LogP contribution is -2.32. The molecule has 0 heterocycles. The summed E-state index contributed by atoms with van der Waals surface area (Å²) in [4.78, 5) is 11.7. The van der Waals surface area contributed by atoms with Gasteiger partial charge in [0.15, 0.2) is 0 Å². The minimum atomic E-state index is 0.173. The Morgan fingerprint density at radius 1 is 1.28 bits per heavy atom. The van der Waals surface area contributed by atoms with Gasteiger partial charge in [-0.15, -0.1) is 0 Å². The van der Waals surface area contributed by atoms with E-state index in [9.17, 15) is 4.79 Å². The molecule has 2 rings (SSSR count). The summed E-state index contributed by atoms with van der Waals surface area (Å²) >= 11 is 5.77. The van der Waals surface area contributed by atoms with Crippen LogP contribution in [0, 0.1) is 5.92 Å². The molecule has 0 unspecified atom stereocenters. The maximum Gasteiger partial charge on any atom is 0.223 e. The molecule has 1 N–H and O–H groups in total. The molecule has 1 saturated carbocycles. The summed E-state index contributed by atoms with van der Waals surface area (Å²) in [6.07, 6.45) is 4.42. The van der Waals surface area contributed by atoms with Crippen LogP contribution in [0.3, 0.4) is 0 Å². The maximum atomic E-state index is 11.7. The highest BCUT2D eigenvalue weighted by Gasteiger charge is 2.21. The molecule has 1 aliphatic rings. The summed E-state index contributed by atoms with van der Waals surface area (Å²) in [5.41, 5.74) is 0. The van der Waals surface area contributed by atoms with Crippen LogP contribution in [0.2, 0.25) is 5.02 Å². The number of ether oxygens (including phenoxy) is 1. The molecular formula is C14H18ClNO2. The average Bonchev–Trinajstić information content (AvgIpc) is 2.90. The van der Waals surface area contributed by atoms with Crippen molar-refractivity contribution >= 4 is 17.5 Å². The van der Waals surface area contributed by atoms with E-state index in [1.807, 2.05) is 12.1 Å². The Hall–Kier alpha value is -1.22. The lowest BCUT2D eigenvalue weighted by molar-refractivity contribution is -0.124. The molecule has 18 heavy (non-hydrogen) atoms. The largest absolute Gasteiger partial charge is 0.492 e. The van der Waals surface area contributed by atoms with E-state index in [1.54, 1.807) is 12.1 Å². The zero-order valence-electron chi connectivity index (χ0n) is 10.3. The fourth-order valence-corrected chi connectivity index (χ4v) is 2.33. The summed E-state index contributed by atoms with van der Waals surface area (Å²) in [5, 5.41) is 3.61. The highest BCUT2D eigenvalue weighted by molar-refractivity contribution is 6.30. The summed E-state index contributed by atoms with van der Waals surface area (Å²) in [6, 6.07) is 7.21. The zero-order chi connectivity index (χ0) is 12.8. The fourth-order valence-electron chi connectivity index (χ4n) is 2.21. The Morgan fingerprint density at radius 3 is 2.61 bits per heavy atom. The van der Waals surface area contributed by atoms with Crippen molar-refractivity contribution in [3.63, 3.8) is 0 Å². The van der Waals surface area contributed by atoms with Crippen molar-refractivity contribution in [1.29, 1.82) is 0 Å². The first-order valence-electron chi connectivity index (χ1n) is 6.42. The van der Waals surface area contributed by atoms with Crippen LogP contribution < -0.4 is 10.1 Å². The van der Waals surface area contributed by atoms with Crippen LogP contribution in [0.15, 0.2) is 24.3 Å². The average molecular weight is 268 g/mol. The number of carbonyl (C=O) groups excluding carboxylic acids is 1. The molecule has 1 aromatic rings. The number of carbonyl (C=O) groups is 1. The molecule has 0 atom stereocenters. The van der Waals surface area contributed by atoms with Crippen molar-refractivity contribution in [1.82, 2.24) is 5.32 Å². The third kappa shape index (κ3) is 3.91. The topological polar surface area (TPSA) is 38.3 Å². The van der Waals surface area contributed by atoms with Gasteiger partial charge in [-0.25, -0.2) is 0 Å². The van der Waals surface area contributed by atoms with E-state index in [4.69, 9.17) is 16.3 Å². The normalized spacial score (nSPS) is 15.6. The molecule has 0 saturated heterocycles. The smallest absolute Gasteiger partial charge is 0.223 e. The standard InChI is InChI=1S/C14H18ClNO2/c15-12-5-7-13(8-6-12)18-10-9-16-14(17)11-3-1-2-4-11/h5-8,11H,1-4,9-10H2,(H,16,17). The molecule has 0 aliphatic heterocycles. The highest BCUT2D eigenvalue weighted by Crippen LogP contribution is 2.24. The first-order chi connectivity index (χ1) is 8.75.